The molecule has 0 aliphatic rings. The topological polar surface area (TPSA) is 101 Å². The van der Waals surface area contributed by atoms with Crippen LogP contribution in [-0.2, 0) is 19.9 Å². The molecule has 1 atom stereocenters. The molecule has 0 bridgehead atoms. The zero-order valence-electron chi connectivity index (χ0n) is 12.1. The Morgan fingerprint density at radius 3 is 2.10 bits per heavy atom. The molecule has 2 N–H and O–H groups in total. The van der Waals surface area contributed by atoms with Gasteiger partial charge in [-0.1, -0.05) is 6.92 Å². The second-order valence-electron chi connectivity index (χ2n) is 5.07. The van der Waals surface area contributed by atoms with Crippen molar-refractivity contribution in [2.24, 2.45) is 5.92 Å². The standard InChI is InChI=1S/C13H21NO5S2/c1-11(10-15)4-3-9-14-21(18,19)13-7-5-12(6-8-13)20(2,16)17/h5-8,11,14-15H,3-4,9-10H2,1-2H3. The number of aliphatic hydroxyl groups excluding tert-OH is 1. The van der Waals surface area contributed by atoms with Crippen molar-refractivity contribution in [3.63, 3.8) is 0 Å². The summed E-state index contributed by atoms with van der Waals surface area (Å²) in [5.41, 5.74) is 0. The SMILES string of the molecule is CC(CO)CCCNS(=O)(=O)c1ccc(S(C)(=O)=O)cc1. The summed E-state index contributed by atoms with van der Waals surface area (Å²) in [6.07, 6.45) is 2.42. The van der Waals surface area contributed by atoms with Crippen LogP contribution < -0.4 is 4.72 Å². The van der Waals surface area contributed by atoms with Crippen LogP contribution in [0.3, 0.4) is 0 Å². The zero-order valence-corrected chi connectivity index (χ0v) is 13.7. The van der Waals surface area contributed by atoms with Crippen molar-refractivity contribution < 1.29 is 21.9 Å². The first-order valence-electron chi connectivity index (χ1n) is 6.57. The molecule has 6 nitrogen and oxygen atoms in total. The zero-order chi connectivity index (χ0) is 16.1. The minimum absolute atomic E-state index is 0.0325. The monoisotopic (exact) mass is 335 g/mol. The molecule has 0 saturated heterocycles. The van der Waals surface area contributed by atoms with E-state index in [1.807, 2.05) is 6.92 Å². The van der Waals surface area contributed by atoms with E-state index in [1.165, 1.54) is 24.3 Å². The number of sulfonamides is 1. The largest absolute Gasteiger partial charge is 0.396 e. The second kappa shape index (κ2) is 7.35. The highest BCUT2D eigenvalue weighted by molar-refractivity contribution is 7.90. The van der Waals surface area contributed by atoms with E-state index in [4.69, 9.17) is 5.11 Å². The van der Waals surface area contributed by atoms with Gasteiger partial charge in [0.25, 0.3) is 0 Å². The molecule has 1 aromatic rings. The van der Waals surface area contributed by atoms with Gasteiger partial charge >= 0.3 is 0 Å². The molecule has 0 spiro atoms. The van der Waals surface area contributed by atoms with Crippen molar-refractivity contribution in [3.8, 4) is 0 Å². The van der Waals surface area contributed by atoms with Gasteiger partial charge in [0.05, 0.1) is 9.79 Å². The van der Waals surface area contributed by atoms with E-state index in [0.717, 1.165) is 12.7 Å². The highest BCUT2D eigenvalue weighted by Gasteiger charge is 2.15. The number of hydrogen-bond acceptors (Lipinski definition) is 5. The average Bonchev–Trinajstić information content (AvgIpc) is 2.42. The van der Waals surface area contributed by atoms with E-state index in [0.29, 0.717) is 6.42 Å². The van der Waals surface area contributed by atoms with E-state index >= 15 is 0 Å². The van der Waals surface area contributed by atoms with Crippen molar-refractivity contribution in [3.05, 3.63) is 24.3 Å². The lowest BCUT2D eigenvalue weighted by molar-refractivity contribution is 0.228. The number of aliphatic hydroxyl groups is 1. The van der Waals surface area contributed by atoms with Crippen LogP contribution in [0.5, 0.6) is 0 Å². The molecule has 0 aromatic heterocycles. The summed E-state index contributed by atoms with van der Waals surface area (Å²) in [5.74, 6) is 0.142. The summed E-state index contributed by atoms with van der Waals surface area (Å²) in [4.78, 5) is 0.114. The first-order valence-corrected chi connectivity index (χ1v) is 9.95. The van der Waals surface area contributed by atoms with Crippen LogP contribution in [0.4, 0.5) is 0 Å². The van der Waals surface area contributed by atoms with Gasteiger partial charge in [-0.3, -0.25) is 0 Å². The predicted octanol–water partition coefficient (Wildman–Crippen LogP) is 0.777. The van der Waals surface area contributed by atoms with Gasteiger partial charge in [0.1, 0.15) is 0 Å². The van der Waals surface area contributed by atoms with Crippen molar-refractivity contribution in [2.45, 2.75) is 29.6 Å². The third-order valence-corrected chi connectivity index (χ3v) is 5.65. The normalized spacial score (nSPS) is 14.0. The van der Waals surface area contributed by atoms with Gasteiger partial charge in [0.15, 0.2) is 9.84 Å². The average molecular weight is 335 g/mol. The fourth-order valence-corrected chi connectivity index (χ4v) is 3.40. The molecule has 0 amide bonds. The molecular weight excluding hydrogens is 314 g/mol. The minimum atomic E-state index is -3.63. The first kappa shape index (κ1) is 18.1. The Labute approximate surface area is 126 Å². The van der Waals surface area contributed by atoms with Crippen LogP contribution in [0.25, 0.3) is 0 Å². The van der Waals surface area contributed by atoms with Gasteiger partial charge in [-0.25, -0.2) is 21.6 Å². The maximum atomic E-state index is 12.0. The summed E-state index contributed by atoms with van der Waals surface area (Å²) < 4.78 is 49.1. The van der Waals surface area contributed by atoms with E-state index in [2.05, 4.69) is 4.72 Å². The van der Waals surface area contributed by atoms with Crippen LogP contribution >= 0.6 is 0 Å². The van der Waals surface area contributed by atoms with Crippen molar-refractivity contribution in [1.82, 2.24) is 4.72 Å². The van der Waals surface area contributed by atoms with Gasteiger partial charge in [0.2, 0.25) is 10.0 Å². The fourth-order valence-electron chi connectivity index (χ4n) is 1.70. The fraction of sp³-hybridized carbons (Fsp3) is 0.538. The third-order valence-electron chi connectivity index (χ3n) is 3.04. The molecule has 0 fully saturated rings. The number of rotatable bonds is 8. The van der Waals surface area contributed by atoms with E-state index in [-0.39, 0.29) is 28.9 Å². The third kappa shape index (κ3) is 5.74. The van der Waals surface area contributed by atoms with E-state index < -0.39 is 19.9 Å². The Morgan fingerprint density at radius 1 is 1.10 bits per heavy atom. The molecule has 0 aliphatic carbocycles. The van der Waals surface area contributed by atoms with Gasteiger partial charge < -0.3 is 5.11 Å². The Kier molecular flexibility index (Phi) is 6.33. The summed E-state index contributed by atoms with van der Waals surface area (Å²) in [6.45, 7) is 2.25. The molecule has 0 heterocycles. The Balaban J connectivity index is 2.67. The Morgan fingerprint density at radius 2 is 1.62 bits per heavy atom. The molecule has 1 rings (SSSR count). The molecule has 21 heavy (non-hydrogen) atoms. The van der Waals surface area contributed by atoms with Gasteiger partial charge in [-0.15, -0.1) is 0 Å². The summed E-state index contributed by atoms with van der Waals surface area (Å²) >= 11 is 0. The van der Waals surface area contributed by atoms with Crippen LogP contribution in [-0.4, -0.2) is 41.3 Å². The number of sulfone groups is 1. The lowest BCUT2D eigenvalue weighted by Gasteiger charge is -2.09. The van der Waals surface area contributed by atoms with Crippen LogP contribution in [0.15, 0.2) is 34.1 Å². The van der Waals surface area contributed by atoms with E-state index in [1.54, 1.807) is 0 Å². The molecule has 120 valence electrons. The predicted molar refractivity (Wildman–Crippen MR) is 80.2 cm³/mol. The molecule has 0 saturated carbocycles. The molecule has 8 heteroatoms. The maximum Gasteiger partial charge on any atom is 0.240 e. The summed E-state index contributed by atoms with van der Waals surface area (Å²) in [5, 5.41) is 8.88. The Hall–Kier alpha value is -0.960. The van der Waals surface area contributed by atoms with Crippen LogP contribution in [0, 0.1) is 5.92 Å². The van der Waals surface area contributed by atoms with Crippen LogP contribution in [0.2, 0.25) is 0 Å². The lowest BCUT2D eigenvalue weighted by atomic mass is 10.1. The number of nitrogens with one attached hydrogen (secondary N) is 1. The summed E-state index contributed by atoms with van der Waals surface area (Å²) in [6, 6.07) is 5.10. The highest BCUT2D eigenvalue weighted by Crippen LogP contribution is 2.14. The van der Waals surface area contributed by atoms with Crippen molar-refractivity contribution in [2.75, 3.05) is 19.4 Å². The first-order chi connectivity index (χ1) is 9.66. The van der Waals surface area contributed by atoms with Crippen LogP contribution in [0.1, 0.15) is 19.8 Å². The Bertz CT molecular complexity index is 650. The molecule has 0 aliphatic heterocycles. The summed E-state index contributed by atoms with van der Waals surface area (Å²) in [7, 11) is -6.97. The van der Waals surface area contributed by atoms with Crippen molar-refractivity contribution in [1.29, 1.82) is 0 Å². The molecular formula is C13H21NO5S2. The van der Waals surface area contributed by atoms with Crippen molar-refractivity contribution >= 4 is 19.9 Å². The molecule has 1 unspecified atom stereocenters. The van der Waals surface area contributed by atoms with Gasteiger partial charge in [0, 0.05) is 19.4 Å². The quantitative estimate of drug-likeness (QED) is 0.684. The highest BCUT2D eigenvalue weighted by atomic mass is 32.2. The molecule has 1 aromatic carbocycles. The lowest BCUT2D eigenvalue weighted by Crippen LogP contribution is -2.25. The van der Waals surface area contributed by atoms with Gasteiger partial charge in [-0.05, 0) is 43.0 Å². The molecule has 0 radical (unpaired) electrons. The number of hydrogen-bond donors (Lipinski definition) is 2. The van der Waals surface area contributed by atoms with Gasteiger partial charge in [-0.2, -0.15) is 0 Å². The number of benzene rings is 1. The smallest absolute Gasteiger partial charge is 0.240 e. The maximum absolute atomic E-state index is 12.0. The second-order valence-corrected chi connectivity index (χ2v) is 8.85. The van der Waals surface area contributed by atoms with E-state index in [9.17, 15) is 16.8 Å². The minimum Gasteiger partial charge on any atom is -0.396 e.